The first kappa shape index (κ1) is 34.3. The molecule has 1 aliphatic rings. The number of nitrogens with zero attached hydrogens (tertiary/aromatic N) is 4. The van der Waals surface area contributed by atoms with E-state index in [1.54, 1.807) is 6.07 Å². The summed E-state index contributed by atoms with van der Waals surface area (Å²) in [7, 11) is 0. The smallest absolute Gasteiger partial charge is 0.411 e. The monoisotopic (exact) mass is 741 g/mol. The Kier molecular flexibility index (Phi) is 11.4. The number of amides is 2. The van der Waals surface area contributed by atoms with E-state index in [1.165, 1.54) is 18.1 Å². The van der Waals surface area contributed by atoms with Crippen LogP contribution in [0.1, 0.15) is 35.8 Å². The largest absolute Gasteiger partial charge is 0.448 e. The van der Waals surface area contributed by atoms with E-state index in [9.17, 15) is 9.59 Å². The minimum atomic E-state index is -0.496. The molecule has 49 heavy (non-hydrogen) atoms. The lowest BCUT2D eigenvalue weighted by Crippen LogP contribution is -2.38. The lowest BCUT2D eigenvalue weighted by atomic mass is 10.1. The van der Waals surface area contributed by atoms with Crippen LogP contribution in [-0.4, -0.2) is 71.3 Å². The second kappa shape index (κ2) is 16.2. The van der Waals surface area contributed by atoms with Crippen molar-refractivity contribution >= 4 is 73.6 Å². The maximum atomic E-state index is 13.3. The van der Waals surface area contributed by atoms with Gasteiger partial charge in [0.2, 0.25) is 0 Å². The SMILES string of the molecule is CC(C)c1ccc2c(Nc3cc(C(=O)Nc4ccc(Br)cc4)ccc3Sc3ccc(NC(=O)OCCN4CCOCC4)cc3)ncnc2n1. The van der Waals surface area contributed by atoms with E-state index in [4.69, 9.17) is 14.5 Å². The molecule has 0 aliphatic carbocycles. The predicted octanol–water partition coefficient (Wildman–Crippen LogP) is 7.94. The fourth-order valence-electron chi connectivity index (χ4n) is 5.08. The summed E-state index contributed by atoms with van der Waals surface area (Å²) in [4.78, 5) is 43.3. The average molecular weight is 743 g/mol. The Morgan fingerprint density at radius 1 is 0.939 bits per heavy atom. The van der Waals surface area contributed by atoms with Gasteiger partial charge in [-0.1, -0.05) is 41.5 Å². The summed E-state index contributed by atoms with van der Waals surface area (Å²) < 4.78 is 11.7. The minimum absolute atomic E-state index is 0.245. The molecule has 0 bridgehead atoms. The molecule has 3 N–H and O–H groups in total. The molecule has 1 saturated heterocycles. The van der Waals surface area contributed by atoms with E-state index in [0.29, 0.717) is 60.5 Å². The van der Waals surface area contributed by atoms with E-state index in [-0.39, 0.29) is 11.8 Å². The first-order chi connectivity index (χ1) is 23.8. The fraction of sp³-hybridized carbons (Fsp3) is 0.250. The van der Waals surface area contributed by atoms with Crippen molar-refractivity contribution in [1.82, 2.24) is 19.9 Å². The number of halogens is 1. The normalized spacial score (nSPS) is 13.3. The molecule has 6 rings (SSSR count). The fourth-order valence-corrected chi connectivity index (χ4v) is 6.23. The number of carbonyl (C=O) groups is 2. The maximum Gasteiger partial charge on any atom is 0.411 e. The van der Waals surface area contributed by atoms with Crippen LogP contribution >= 0.6 is 27.7 Å². The van der Waals surface area contributed by atoms with Crippen molar-refractivity contribution in [3.05, 3.63) is 101 Å². The summed E-state index contributed by atoms with van der Waals surface area (Å²) in [5.74, 6) is 0.587. The second-order valence-electron chi connectivity index (χ2n) is 11.6. The Morgan fingerprint density at radius 2 is 1.67 bits per heavy atom. The highest BCUT2D eigenvalue weighted by Gasteiger charge is 2.16. The molecule has 0 spiro atoms. The third kappa shape index (κ3) is 9.33. The van der Waals surface area contributed by atoms with Gasteiger partial charge in [-0.15, -0.1) is 0 Å². The number of morpholine rings is 1. The Labute approximate surface area is 297 Å². The number of fused-ring (bicyclic) bond motifs is 1. The molecule has 1 fully saturated rings. The van der Waals surface area contributed by atoms with Gasteiger partial charge in [0.25, 0.3) is 5.91 Å². The Hall–Kier alpha value is -4.56. The number of aromatic nitrogens is 3. The third-order valence-electron chi connectivity index (χ3n) is 7.78. The van der Waals surface area contributed by atoms with Crippen molar-refractivity contribution in [3.8, 4) is 0 Å². The van der Waals surface area contributed by atoms with Gasteiger partial charge in [-0.25, -0.2) is 19.7 Å². The average Bonchev–Trinajstić information content (AvgIpc) is 3.11. The van der Waals surface area contributed by atoms with Crippen molar-refractivity contribution in [2.45, 2.75) is 29.6 Å². The van der Waals surface area contributed by atoms with Crippen LogP contribution in [0.2, 0.25) is 0 Å². The molecule has 11 nitrogen and oxygen atoms in total. The summed E-state index contributed by atoms with van der Waals surface area (Å²) in [5, 5.41) is 9.97. The predicted molar refractivity (Wildman–Crippen MR) is 196 cm³/mol. The van der Waals surface area contributed by atoms with Crippen LogP contribution in [0.5, 0.6) is 0 Å². The molecule has 5 aromatic rings. The summed E-state index contributed by atoms with van der Waals surface area (Å²) >= 11 is 4.94. The molecule has 0 radical (unpaired) electrons. The van der Waals surface area contributed by atoms with Crippen molar-refractivity contribution in [3.63, 3.8) is 0 Å². The van der Waals surface area contributed by atoms with Gasteiger partial charge in [-0.05, 0) is 84.8 Å². The molecule has 3 heterocycles. The number of nitrogens with one attached hydrogen (secondary N) is 3. The van der Waals surface area contributed by atoms with E-state index < -0.39 is 6.09 Å². The third-order valence-corrected chi connectivity index (χ3v) is 9.39. The Bertz CT molecular complexity index is 1920. The molecule has 2 aromatic heterocycles. The van der Waals surface area contributed by atoms with Crippen LogP contribution in [0.15, 0.2) is 99.5 Å². The maximum absolute atomic E-state index is 13.3. The van der Waals surface area contributed by atoms with Crippen molar-refractivity contribution in [1.29, 1.82) is 0 Å². The van der Waals surface area contributed by atoms with E-state index in [1.807, 2.05) is 72.8 Å². The van der Waals surface area contributed by atoms with Gasteiger partial charge in [0.05, 0.1) is 24.3 Å². The van der Waals surface area contributed by atoms with Crippen LogP contribution in [0.25, 0.3) is 11.0 Å². The summed E-state index contributed by atoms with van der Waals surface area (Å²) in [5.41, 5.74) is 4.00. The van der Waals surface area contributed by atoms with Crippen LogP contribution in [-0.2, 0) is 9.47 Å². The summed E-state index contributed by atoms with van der Waals surface area (Å²) in [6.45, 7) is 8.25. The van der Waals surface area contributed by atoms with Gasteiger partial charge >= 0.3 is 6.09 Å². The molecule has 13 heteroatoms. The number of rotatable bonds is 11. The second-order valence-corrected chi connectivity index (χ2v) is 13.7. The van der Waals surface area contributed by atoms with E-state index >= 15 is 0 Å². The van der Waals surface area contributed by atoms with Crippen LogP contribution in [0.4, 0.5) is 27.7 Å². The van der Waals surface area contributed by atoms with Crippen molar-refractivity contribution in [2.24, 2.45) is 0 Å². The van der Waals surface area contributed by atoms with E-state index in [2.05, 4.69) is 60.6 Å². The molecule has 1 aliphatic heterocycles. The first-order valence-electron chi connectivity index (χ1n) is 15.9. The quantitative estimate of drug-likeness (QED) is 0.123. The molecule has 0 unspecified atom stereocenters. The molecule has 0 atom stereocenters. The van der Waals surface area contributed by atoms with Gasteiger partial charge in [-0.2, -0.15) is 0 Å². The zero-order chi connectivity index (χ0) is 34.2. The topological polar surface area (TPSA) is 131 Å². The standard InChI is InChI=1S/C36H36BrN7O4S/c1-23(2)30-13-12-29-33(42-30)38-22-39-34(29)43-31-21-24(35(45)40-26-6-4-25(37)5-7-26)3-14-32(31)49-28-10-8-27(9-11-28)41-36(46)48-20-17-44-15-18-47-19-16-44/h3-14,21-23H,15-20H2,1-2H3,(H,40,45)(H,41,46)(H,38,39,42,43). The van der Waals surface area contributed by atoms with E-state index in [0.717, 1.165) is 38.4 Å². The lowest BCUT2D eigenvalue weighted by Gasteiger charge is -2.26. The molecular formula is C36H36BrN7O4S. The highest BCUT2D eigenvalue weighted by molar-refractivity contribution is 9.10. The minimum Gasteiger partial charge on any atom is -0.448 e. The molecule has 2 amide bonds. The Balaban J connectivity index is 1.19. The number of anilines is 4. The highest BCUT2D eigenvalue weighted by atomic mass is 79.9. The molecule has 0 saturated carbocycles. The van der Waals surface area contributed by atoms with Gasteiger partial charge < -0.3 is 20.1 Å². The van der Waals surface area contributed by atoms with Gasteiger partial charge in [0, 0.05) is 56.5 Å². The number of pyridine rings is 1. The first-order valence-corrected chi connectivity index (χ1v) is 17.5. The van der Waals surface area contributed by atoms with Crippen molar-refractivity contribution in [2.75, 3.05) is 55.4 Å². The number of benzene rings is 3. The van der Waals surface area contributed by atoms with Crippen molar-refractivity contribution < 1.29 is 19.1 Å². The number of hydrogen-bond donors (Lipinski definition) is 3. The van der Waals surface area contributed by atoms with Gasteiger partial charge in [-0.3, -0.25) is 15.0 Å². The zero-order valence-corrected chi connectivity index (χ0v) is 29.5. The van der Waals surface area contributed by atoms with Crippen LogP contribution in [0.3, 0.4) is 0 Å². The Morgan fingerprint density at radius 3 is 2.43 bits per heavy atom. The zero-order valence-electron chi connectivity index (χ0n) is 27.1. The summed E-state index contributed by atoms with van der Waals surface area (Å²) in [6.07, 6.45) is 0.988. The van der Waals surface area contributed by atoms with Gasteiger partial charge in [0.15, 0.2) is 5.65 Å². The number of hydrogen-bond acceptors (Lipinski definition) is 10. The summed E-state index contributed by atoms with van der Waals surface area (Å²) in [6, 6.07) is 24.4. The van der Waals surface area contributed by atoms with Gasteiger partial charge in [0.1, 0.15) is 18.8 Å². The molecular weight excluding hydrogens is 706 g/mol. The van der Waals surface area contributed by atoms with Crippen LogP contribution < -0.4 is 16.0 Å². The molecule has 3 aromatic carbocycles. The number of carbonyl (C=O) groups excluding carboxylic acids is 2. The lowest BCUT2D eigenvalue weighted by molar-refractivity contribution is 0.0290. The number of ether oxygens (including phenoxy) is 2. The molecule has 252 valence electrons. The van der Waals surface area contributed by atoms with Crippen LogP contribution in [0, 0.1) is 0 Å². The highest BCUT2D eigenvalue weighted by Crippen LogP contribution is 2.37.